The van der Waals surface area contributed by atoms with Crippen LogP contribution in [-0.2, 0) is 0 Å². The zero-order chi connectivity index (χ0) is 13.2. The van der Waals surface area contributed by atoms with E-state index in [4.69, 9.17) is 4.74 Å². The van der Waals surface area contributed by atoms with Crippen molar-refractivity contribution in [3.05, 3.63) is 91.8 Å². The highest BCUT2D eigenvalue weighted by Crippen LogP contribution is 2.13. The molecule has 0 aromatic heterocycles. The monoisotopic (exact) mass is 238 g/mol. The van der Waals surface area contributed by atoms with Crippen LogP contribution in [0.2, 0.25) is 0 Å². The molecule has 0 saturated heterocycles. The van der Waals surface area contributed by atoms with E-state index in [0.29, 0.717) is 12.2 Å². The van der Waals surface area contributed by atoms with E-state index in [1.54, 1.807) is 6.08 Å². The molecule has 0 aliphatic carbocycles. The van der Waals surface area contributed by atoms with Gasteiger partial charge in [-0.3, -0.25) is 0 Å². The minimum absolute atomic E-state index is 0.680. The Morgan fingerprint density at radius 2 is 1.83 bits per heavy atom. The van der Waals surface area contributed by atoms with Crippen LogP contribution in [0.25, 0.3) is 0 Å². The van der Waals surface area contributed by atoms with Gasteiger partial charge in [0.15, 0.2) is 0 Å². The molecule has 0 atom stereocenters. The van der Waals surface area contributed by atoms with Crippen LogP contribution < -0.4 is 4.74 Å². The predicted molar refractivity (Wildman–Crippen MR) is 78.4 cm³/mol. The van der Waals surface area contributed by atoms with Crippen molar-refractivity contribution in [1.82, 2.24) is 0 Å². The van der Waals surface area contributed by atoms with Gasteiger partial charge in [0, 0.05) is 6.42 Å². The molecule has 92 valence electrons. The first-order chi connectivity index (χ1) is 8.72. The van der Waals surface area contributed by atoms with E-state index in [1.165, 1.54) is 0 Å². The second-order valence-corrected chi connectivity index (χ2v) is 3.72. The Morgan fingerprint density at radius 3 is 2.50 bits per heavy atom. The quantitative estimate of drug-likeness (QED) is 0.488. The van der Waals surface area contributed by atoms with E-state index < -0.39 is 0 Å². The Balaban J connectivity index is 2.33. The summed E-state index contributed by atoms with van der Waals surface area (Å²) in [7, 11) is 0. The first-order valence-electron chi connectivity index (χ1n) is 5.77. The van der Waals surface area contributed by atoms with E-state index in [1.807, 2.05) is 54.6 Å². The van der Waals surface area contributed by atoms with Gasteiger partial charge in [0.1, 0.15) is 11.5 Å². The molecule has 0 aliphatic heterocycles. The van der Waals surface area contributed by atoms with Crippen molar-refractivity contribution in [2.24, 2.45) is 0 Å². The zero-order valence-corrected chi connectivity index (χ0v) is 10.5. The van der Waals surface area contributed by atoms with Gasteiger partial charge in [0.05, 0.1) is 0 Å². The highest BCUT2D eigenvalue weighted by Gasteiger charge is 1.94. The third-order valence-corrected chi connectivity index (χ3v) is 2.17. The van der Waals surface area contributed by atoms with Crippen LogP contribution in [0.5, 0.6) is 5.75 Å². The number of allylic oxidation sites excluding steroid dienone is 6. The fourth-order valence-corrected chi connectivity index (χ4v) is 1.22. The van der Waals surface area contributed by atoms with Gasteiger partial charge < -0.3 is 4.74 Å². The van der Waals surface area contributed by atoms with E-state index in [-0.39, 0.29) is 0 Å². The van der Waals surface area contributed by atoms with Crippen molar-refractivity contribution < 1.29 is 4.74 Å². The van der Waals surface area contributed by atoms with Crippen molar-refractivity contribution >= 4 is 0 Å². The average molecular weight is 238 g/mol. The summed E-state index contributed by atoms with van der Waals surface area (Å²) in [6.45, 7) is 11.3. The van der Waals surface area contributed by atoms with E-state index >= 15 is 0 Å². The molecule has 0 N–H and O–H groups in total. The second kappa shape index (κ2) is 7.91. The normalized spacial score (nSPS) is 10.7. The van der Waals surface area contributed by atoms with Crippen LogP contribution in [0.15, 0.2) is 91.8 Å². The molecule has 1 nitrogen and oxygen atoms in total. The first kappa shape index (κ1) is 13.8. The molecule has 1 heteroatoms. The standard InChI is InChI=1S/C17H18O/c1-4-15(2)11-7-5-8-12-16(3)18-17-13-9-6-10-14-17/h4-11,13-14H,1-3,12H2/b8-5-,11-7-. The third-order valence-electron chi connectivity index (χ3n) is 2.17. The molecule has 0 amide bonds. The topological polar surface area (TPSA) is 9.23 Å². The lowest BCUT2D eigenvalue weighted by Crippen LogP contribution is -1.91. The summed E-state index contributed by atoms with van der Waals surface area (Å²) in [5.74, 6) is 1.53. The van der Waals surface area contributed by atoms with Crippen LogP contribution in [0.4, 0.5) is 0 Å². The van der Waals surface area contributed by atoms with Crippen molar-refractivity contribution in [2.75, 3.05) is 0 Å². The number of para-hydroxylation sites is 1. The SMILES string of the molecule is C=CC(=C)/C=C\C=C/CC(=C)Oc1ccccc1. The Morgan fingerprint density at radius 1 is 1.11 bits per heavy atom. The van der Waals surface area contributed by atoms with Gasteiger partial charge in [-0.1, -0.05) is 68.3 Å². The summed E-state index contributed by atoms with van der Waals surface area (Å²) in [4.78, 5) is 0. The molecule has 1 aromatic rings. The summed E-state index contributed by atoms with van der Waals surface area (Å²) >= 11 is 0. The van der Waals surface area contributed by atoms with Crippen LogP contribution in [0.1, 0.15) is 6.42 Å². The van der Waals surface area contributed by atoms with E-state index in [0.717, 1.165) is 11.3 Å². The van der Waals surface area contributed by atoms with Gasteiger partial charge in [0.2, 0.25) is 0 Å². The van der Waals surface area contributed by atoms with Gasteiger partial charge >= 0.3 is 0 Å². The highest BCUT2D eigenvalue weighted by molar-refractivity contribution is 5.28. The Kier molecular flexibility index (Phi) is 6.05. The minimum atomic E-state index is 0.680. The lowest BCUT2D eigenvalue weighted by atomic mass is 10.2. The molecule has 1 rings (SSSR count). The Hall–Kier alpha value is -2.28. The maximum atomic E-state index is 5.56. The predicted octanol–water partition coefficient (Wildman–Crippen LogP) is 4.82. The molecule has 0 fully saturated rings. The van der Waals surface area contributed by atoms with Crippen LogP contribution in [0.3, 0.4) is 0 Å². The Labute approximate surface area is 109 Å². The molecule has 0 unspecified atom stereocenters. The number of rotatable bonds is 7. The van der Waals surface area contributed by atoms with Gasteiger partial charge in [-0.25, -0.2) is 0 Å². The second-order valence-electron chi connectivity index (χ2n) is 3.72. The maximum absolute atomic E-state index is 5.56. The summed E-state index contributed by atoms with van der Waals surface area (Å²) in [5, 5.41) is 0. The summed E-state index contributed by atoms with van der Waals surface area (Å²) in [6.07, 6.45) is 10.1. The number of ether oxygens (including phenoxy) is 1. The number of hydrogen-bond acceptors (Lipinski definition) is 1. The fraction of sp³-hybridized carbons (Fsp3) is 0.0588. The molecule has 0 heterocycles. The number of hydrogen-bond donors (Lipinski definition) is 0. The van der Waals surface area contributed by atoms with Crippen molar-refractivity contribution in [3.63, 3.8) is 0 Å². The molecule has 18 heavy (non-hydrogen) atoms. The molecule has 0 radical (unpaired) electrons. The molecular weight excluding hydrogens is 220 g/mol. The van der Waals surface area contributed by atoms with Crippen molar-refractivity contribution in [3.8, 4) is 5.75 Å². The lowest BCUT2D eigenvalue weighted by Gasteiger charge is -2.05. The van der Waals surface area contributed by atoms with Crippen LogP contribution >= 0.6 is 0 Å². The van der Waals surface area contributed by atoms with Crippen LogP contribution in [-0.4, -0.2) is 0 Å². The van der Waals surface area contributed by atoms with Crippen LogP contribution in [0, 0.1) is 0 Å². The maximum Gasteiger partial charge on any atom is 0.126 e. The molecule has 0 spiro atoms. The van der Waals surface area contributed by atoms with Crippen molar-refractivity contribution in [2.45, 2.75) is 6.42 Å². The average Bonchev–Trinajstić information content (AvgIpc) is 2.39. The summed E-state index contributed by atoms with van der Waals surface area (Å²) in [5.41, 5.74) is 0.888. The van der Waals surface area contributed by atoms with Crippen molar-refractivity contribution in [1.29, 1.82) is 0 Å². The largest absolute Gasteiger partial charge is 0.462 e. The highest BCUT2D eigenvalue weighted by atomic mass is 16.5. The molecule has 0 saturated carbocycles. The molecule has 0 bridgehead atoms. The van der Waals surface area contributed by atoms with Gasteiger partial charge in [-0.2, -0.15) is 0 Å². The van der Waals surface area contributed by atoms with Gasteiger partial charge in [0.25, 0.3) is 0 Å². The molecule has 0 aliphatic rings. The van der Waals surface area contributed by atoms with Gasteiger partial charge in [-0.15, -0.1) is 0 Å². The number of benzene rings is 1. The third kappa shape index (κ3) is 5.71. The zero-order valence-electron chi connectivity index (χ0n) is 10.5. The lowest BCUT2D eigenvalue weighted by molar-refractivity contribution is 0.418. The summed E-state index contributed by atoms with van der Waals surface area (Å²) in [6, 6.07) is 9.63. The van der Waals surface area contributed by atoms with Gasteiger partial charge in [-0.05, 0) is 17.7 Å². The Bertz CT molecular complexity index is 464. The first-order valence-corrected chi connectivity index (χ1v) is 5.77. The minimum Gasteiger partial charge on any atom is -0.462 e. The fourth-order valence-electron chi connectivity index (χ4n) is 1.22. The van der Waals surface area contributed by atoms with E-state index in [2.05, 4.69) is 19.7 Å². The smallest absolute Gasteiger partial charge is 0.126 e. The molecule has 1 aromatic carbocycles. The molecular formula is C17H18O. The summed E-state index contributed by atoms with van der Waals surface area (Å²) < 4.78 is 5.56. The van der Waals surface area contributed by atoms with E-state index in [9.17, 15) is 0 Å².